The van der Waals surface area contributed by atoms with Gasteiger partial charge >= 0.3 is 11.1 Å². The molecule has 0 aliphatic carbocycles. The molecule has 2 aliphatic heterocycles. The van der Waals surface area contributed by atoms with Crippen LogP contribution in [0.3, 0.4) is 0 Å². The predicted octanol–water partition coefficient (Wildman–Crippen LogP) is 1.83. The van der Waals surface area contributed by atoms with Crippen molar-refractivity contribution in [1.82, 2.24) is 24.2 Å². The quantitative estimate of drug-likeness (QED) is 0.608. The van der Waals surface area contributed by atoms with E-state index in [1.807, 2.05) is 12.3 Å². The fourth-order valence-electron chi connectivity index (χ4n) is 4.44. The Labute approximate surface area is 169 Å². The molecule has 0 radical (unpaired) electrons. The molecule has 3 aromatic rings. The van der Waals surface area contributed by atoms with Crippen LogP contribution in [0.1, 0.15) is 34.9 Å². The molecule has 9 heteroatoms. The van der Waals surface area contributed by atoms with Crippen molar-refractivity contribution in [3.63, 3.8) is 0 Å². The third-order valence-electron chi connectivity index (χ3n) is 5.82. The smallest absolute Gasteiger partial charge is 0.298 e. The molecule has 1 atom stereocenters. The standard InChI is InChI=1S/C19H21N5O2S2/c1-13-20-15(11-28-13)9-24-17(26)16(25)23-6-4-19(18(23)21-24)3-5-22(12-19)8-14-2-7-27-10-14/h2,7,10-11H,3-6,8-9,12H2,1H3/t19-/m1/s1. The van der Waals surface area contributed by atoms with E-state index in [-0.39, 0.29) is 12.0 Å². The highest BCUT2D eigenvalue weighted by molar-refractivity contribution is 7.09. The van der Waals surface area contributed by atoms with Gasteiger partial charge < -0.3 is 0 Å². The molecule has 0 unspecified atom stereocenters. The summed E-state index contributed by atoms with van der Waals surface area (Å²) >= 11 is 3.25. The molecule has 1 spiro atoms. The minimum Gasteiger partial charge on any atom is -0.298 e. The minimum absolute atomic E-state index is 0.136. The van der Waals surface area contributed by atoms with Crippen LogP contribution in [-0.2, 0) is 25.0 Å². The van der Waals surface area contributed by atoms with Crippen molar-refractivity contribution in [2.24, 2.45) is 0 Å². The van der Waals surface area contributed by atoms with Crippen LogP contribution in [0.5, 0.6) is 0 Å². The highest BCUT2D eigenvalue weighted by Crippen LogP contribution is 2.40. The summed E-state index contributed by atoms with van der Waals surface area (Å²) in [6.45, 7) is 5.55. The molecule has 2 aliphatic rings. The lowest BCUT2D eigenvalue weighted by Gasteiger charge is -2.23. The first-order chi connectivity index (χ1) is 13.5. The second-order valence-corrected chi connectivity index (χ2v) is 9.57. The minimum atomic E-state index is -0.556. The highest BCUT2D eigenvalue weighted by atomic mass is 32.1. The van der Waals surface area contributed by atoms with Gasteiger partial charge in [-0.25, -0.2) is 9.67 Å². The molecule has 28 heavy (non-hydrogen) atoms. The Bertz CT molecular complexity index is 1130. The van der Waals surface area contributed by atoms with Crippen LogP contribution >= 0.6 is 22.7 Å². The summed E-state index contributed by atoms with van der Waals surface area (Å²) in [5.74, 6) is 0.775. The zero-order valence-corrected chi connectivity index (χ0v) is 17.3. The SMILES string of the molecule is Cc1nc(Cn2nc3n(c(=O)c2=O)CC[C@@]32CCN(Cc3ccsc3)C2)cs1. The monoisotopic (exact) mass is 415 g/mol. The van der Waals surface area contributed by atoms with E-state index in [9.17, 15) is 9.59 Å². The maximum absolute atomic E-state index is 12.7. The van der Waals surface area contributed by atoms with Crippen LogP contribution in [-0.4, -0.2) is 37.3 Å². The molecule has 0 amide bonds. The number of likely N-dealkylation sites (tertiary alicyclic amines) is 1. The number of hydrogen-bond acceptors (Lipinski definition) is 7. The predicted molar refractivity (Wildman–Crippen MR) is 109 cm³/mol. The van der Waals surface area contributed by atoms with Gasteiger partial charge in [-0.1, -0.05) is 0 Å². The van der Waals surface area contributed by atoms with Gasteiger partial charge in [0.2, 0.25) is 0 Å². The topological polar surface area (TPSA) is 73.0 Å². The second kappa shape index (κ2) is 6.75. The number of hydrogen-bond donors (Lipinski definition) is 0. The molecule has 5 heterocycles. The average molecular weight is 416 g/mol. The van der Waals surface area contributed by atoms with Gasteiger partial charge in [0.25, 0.3) is 0 Å². The van der Waals surface area contributed by atoms with Crippen LogP contribution in [0.25, 0.3) is 0 Å². The Morgan fingerprint density at radius 3 is 2.75 bits per heavy atom. The zero-order valence-electron chi connectivity index (χ0n) is 15.6. The number of thiophene rings is 1. The van der Waals surface area contributed by atoms with Gasteiger partial charge in [0, 0.05) is 30.4 Å². The number of fused-ring (bicyclic) bond motifs is 2. The molecule has 7 nitrogen and oxygen atoms in total. The van der Waals surface area contributed by atoms with E-state index in [0.29, 0.717) is 6.54 Å². The van der Waals surface area contributed by atoms with Gasteiger partial charge in [-0.05, 0) is 48.7 Å². The molecular weight excluding hydrogens is 394 g/mol. The van der Waals surface area contributed by atoms with Crippen molar-refractivity contribution < 1.29 is 0 Å². The van der Waals surface area contributed by atoms with Crippen molar-refractivity contribution in [2.45, 2.75) is 44.8 Å². The number of thiazole rings is 1. The normalized spacial score (nSPS) is 21.6. The molecule has 0 bridgehead atoms. The van der Waals surface area contributed by atoms with Crippen LogP contribution in [0.4, 0.5) is 0 Å². The summed E-state index contributed by atoms with van der Waals surface area (Å²) in [6, 6.07) is 2.16. The first-order valence-electron chi connectivity index (χ1n) is 9.41. The third kappa shape index (κ3) is 2.98. The van der Waals surface area contributed by atoms with Gasteiger partial charge in [-0.15, -0.1) is 11.3 Å². The van der Waals surface area contributed by atoms with Gasteiger partial charge in [-0.3, -0.25) is 19.1 Å². The lowest BCUT2D eigenvalue weighted by molar-refractivity contribution is 0.298. The van der Waals surface area contributed by atoms with E-state index >= 15 is 0 Å². The van der Waals surface area contributed by atoms with Crippen LogP contribution in [0, 0.1) is 6.92 Å². The summed E-state index contributed by atoms with van der Waals surface area (Å²) in [7, 11) is 0. The Morgan fingerprint density at radius 2 is 2.00 bits per heavy atom. The first-order valence-corrected chi connectivity index (χ1v) is 11.2. The molecule has 0 saturated carbocycles. The maximum atomic E-state index is 12.7. The van der Waals surface area contributed by atoms with E-state index in [1.165, 1.54) is 21.6 Å². The van der Waals surface area contributed by atoms with Crippen molar-refractivity contribution >= 4 is 22.7 Å². The summed E-state index contributed by atoms with van der Waals surface area (Å²) in [4.78, 5) is 32.1. The highest BCUT2D eigenvalue weighted by Gasteiger charge is 2.47. The van der Waals surface area contributed by atoms with E-state index in [0.717, 1.165) is 49.0 Å². The van der Waals surface area contributed by atoms with Gasteiger partial charge in [0.1, 0.15) is 5.82 Å². The van der Waals surface area contributed by atoms with Crippen molar-refractivity contribution in [3.8, 4) is 0 Å². The second-order valence-electron chi connectivity index (χ2n) is 7.72. The Morgan fingerprint density at radius 1 is 1.14 bits per heavy atom. The number of rotatable bonds is 4. The Kier molecular flexibility index (Phi) is 4.33. The fraction of sp³-hybridized carbons (Fsp3) is 0.474. The molecule has 0 aromatic carbocycles. The molecule has 1 saturated heterocycles. The fourth-order valence-corrected chi connectivity index (χ4v) is 5.70. The van der Waals surface area contributed by atoms with Crippen molar-refractivity contribution in [1.29, 1.82) is 0 Å². The molecular formula is C19H21N5O2S2. The van der Waals surface area contributed by atoms with E-state index in [1.54, 1.807) is 15.9 Å². The van der Waals surface area contributed by atoms with Gasteiger partial charge in [-0.2, -0.15) is 16.4 Å². The maximum Gasteiger partial charge on any atom is 0.332 e. The van der Waals surface area contributed by atoms with Crippen molar-refractivity contribution in [2.75, 3.05) is 13.1 Å². The zero-order chi connectivity index (χ0) is 19.3. The lowest BCUT2D eigenvalue weighted by Crippen LogP contribution is -2.45. The number of nitrogens with zero attached hydrogens (tertiary/aromatic N) is 5. The molecule has 0 N–H and O–H groups in total. The van der Waals surface area contributed by atoms with Crippen LogP contribution < -0.4 is 11.1 Å². The Hall–Kier alpha value is -2.10. The Balaban J connectivity index is 1.47. The summed E-state index contributed by atoms with van der Waals surface area (Å²) in [5.41, 5.74) is 0.959. The number of aryl methyl sites for hydroxylation is 1. The largest absolute Gasteiger partial charge is 0.332 e. The van der Waals surface area contributed by atoms with E-state index in [4.69, 9.17) is 5.10 Å². The number of aromatic nitrogens is 4. The molecule has 5 rings (SSSR count). The molecule has 146 valence electrons. The summed E-state index contributed by atoms with van der Waals surface area (Å²) in [6.07, 6.45) is 1.84. The van der Waals surface area contributed by atoms with Crippen LogP contribution in [0.2, 0.25) is 0 Å². The van der Waals surface area contributed by atoms with Crippen LogP contribution in [0.15, 0.2) is 31.8 Å². The van der Waals surface area contributed by atoms with Gasteiger partial charge in [0.05, 0.1) is 17.2 Å². The van der Waals surface area contributed by atoms with Crippen molar-refractivity contribution in [3.05, 3.63) is 65.0 Å². The average Bonchev–Trinajstić information content (AvgIpc) is 3.45. The molecule has 3 aromatic heterocycles. The van der Waals surface area contributed by atoms with E-state index < -0.39 is 11.1 Å². The molecule has 1 fully saturated rings. The summed E-state index contributed by atoms with van der Waals surface area (Å²) < 4.78 is 2.93. The first kappa shape index (κ1) is 18.0. The third-order valence-corrected chi connectivity index (χ3v) is 7.37. The lowest BCUT2D eigenvalue weighted by atomic mass is 9.85. The van der Waals surface area contributed by atoms with Gasteiger partial charge in [0.15, 0.2) is 0 Å². The van der Waals surface area contributed by atoms with E-state index in [2.05, 4.69) is 26.7 Å². The summed E-state index contributed by atoms with van der Waals surface area (Å²) in [5, 5.41) is 11.8.